The van der Waals surface area contributed by atoms with E-state index in [4.69, 9.17) is 0 Å². The molecule has 1 N–H and O–H groups in total. The van der Waals surface area contributed by atoms with E-state index in [9.17, 15) is 23.2 Å². The highest BCUT2D eigenvalue weighted by atomic mass is 19.4. The van der Waals surface area contributed by atoms with Crippen LogP contribution in [0.1, 0.15) is 52.8 Å². The first-order valence-electron chi connectivity index (χ1n) is 11.6. The predicted molar refractivity (Wildman–Crippen MR) is 124 cm³/mol. The molecule has 0 bridgehead atoms. The van der Waals surface area contributed by atoms with E-state index < -0.39 is 17.2 Å². The van der Waals surface area contributed by atoms with Crippen LogP contribution in [0.4, 0.5) is 24.8 Å². The summed E-state index contributed by atoms with van der Waals surface area (Å²) in [7, 11) is 0. The number of carbonyl (C=O) groups excluding carboxylic acids is 1. The van der Waals surface area contributed by atoms with Gasteiger partial charge in [0, 0.05) is 30.4 Å². The summed E-state index contributed by atoms with van der Waals surface area (Å²) in [5.74, 6) is 0.577. The monoisotopic (exact) mass is 476 g/mol. The van der Waals surface area contributed by atoms with Crippen molar-refractivity contribution in [3.63, 3.8) is 0 Å². The molecule has 178 valence electrons. The largest absolute Gasteiger partial charge is 0.416 e. The van der Waals surface area contributed by atoms with Gasteiger partial charge in [-0.2, -0.15) is 18.4 Å². The molecule has 0 spiro atoms. The van der Waals surface area contributed by atoms with Crippen molar-refractivity contribution in [2.45, 2.75) is 56.5 Å². The van der Waals surface area contributed by atoms with Crippen LogP contribution < -0.4 is 5.32 Å². The summed E-state index contributed by atoms with van der Waals surface area (Å²) in [4.78, 5) is 20.5. The Hall–Kier alpha value is -3.73. The Morgan fingerprint density at radius 3 is 2.54 bits per heavy atom. The van der Waals surface area contributed by atoms with Gasteiger partial charge in [-0.05, 0) is 84.7 Å². The Morgan fingerprint density at radius 1 is 1.03 bits per heavy atom. The average Bonchev–Trinajstić information content (AvgIpc) is 3.17. The number of ketones is 1. The average molecular weight is 477 g/mol. The maximum atomic E-state index is 13.4. The summed E-state index contributed by atoms with van der Waals surface area (Å²) in [6.07, 6.45) is 1.02. The molecule has 1 fully saturated rings. The number of halogens is 3. The second kappa shape index (κ2) is 8.81. The van der Waals surface area contributed by atoms with Crippen LogP contribution in [0.15, 0.2) is 48.7 Å². The molecule has 8 heteroatoms. The third-order valence-electron chi connectivity index (χ3n) is 6.97. The molecular formula is C27H23F3N4O. The van der Waals surface area contributed by atoms with Gasteiger partial charge in [-0.15, -0.1) is 0 Å². The molecule has 2 aliphatic carbocycles. The van der Waals surface area contributed by atoms with Crippen LogP contribution in [0.5, 0.6) is 0 Å². The number of nitrogens with one attached hydrogen (secondary N) is 1. The summed E-state index contributed by atoms with van der Waals surface area (Å²) in [6.45, 7) is 0. The molecule has 3 aromatic rings. The third-order valence-corrected chi connectivity index (χ3v) is 6.97. The summed E-state index contributed by atoms with van der Waals surface area (Å²) < 4.78 is 40.2. The number of fused-ring (bicyclic) bond motifs is 1. The van der Waals surface area contributed by atoms with Crippen LogP contribution in [0.2, 0.25) is 0 Å². The van der Waals surface area contributed by atoms with Crippen LogP contribution in [0, 0.1) is 11.3 Å². The normalized spacial score (nSPS) is 16.3. The fourth-order valence-electron chi connectivity index (χ4n) is 4.93. The molecule has 0 saturated heterocycles. The van der Waals surface area contributed by atoms with Crippen molar-refractivity contribution in [3.8, 4) is 6.07 Å². The number of hydrogen-bond acceptors (Lipinski definition) is 5. The first-order valence-corrected chi connectivity index (χ1v) is 11.6. The minimum Gasteiger partial charge on any atom is -0.324 e. The van der Waals surface area contributed by atoms with Gasteiger partial charge in [0.15, 0.2) is 0 Å². The zero-order valence-electron chi connectivity index (χ0n) is 19.0. The van der Waals surface area contributed by atoms with Gasteiger partial charge in [-0.3, -0.25) is 4.79 Å². The van der Waals surface area contributed by atoms with E-state index in [1.54, 1.807) is 12.3 Å². The highest BCUT2D eigenvalue weighted by Crippen LogP contribution is 2.45. The summed E-state index contributed by atoms with van der Waals surface area (Å²) in [5.41, 5.74) is 3.32. The fraction of sp³-hybridized carbons (Fsp3) is 0.333. The molecule has 35 heavy (non-hydrogen) atoms. The summed E-state index contributed by atoms with van der Waals surface area (Å²) in [5, 5.41) is 12.9. The molecule has 1 aromatic heterocycles. The molecule has 0 amide bonds. The summed E-state index contributed by atoms with van der Waals surface area (Å²) >= 11 is 0. The minimum atomic E-state index is -4.45. The second-order valence-corrected chi connectivity index (χ2v) is 9.29. The van der Waals surface area contributed by atoms with Crippen LogP contribution >= 0.6 is 0 Å². The van der Waals surface area contributed by atoms with E-state index in [-0.39, 0.29) is 5.78 Å². The van der Waals surface area contributed by atoms with Crippen molar-refractivity contribution in [1.29, 1.82) is 5.26 Å². The smallest absolute Gasteiger partial charge is 0.324 e. The first-order chi connectivity index (χ1) is 16.8. The van der Waals surface area contributed by atoms with Gasteiger partial charge in [0.1, 0.15) is 5.78 Å². The number of alkyl halides is 3. The van der Waals surface area contributed by atoms with Gasteiger partial charge < -0.3 is 5.32 Å². The lowest BCUT2D eigenvalue weighted by molar-refractivity contribution is -0.137. The standard InChI is InChI=1S/C27H23F3N4O/c28-27(29,30)20-4-7-24(26(16-31)9-1-10-26)18(12-20)3-5-21-8-11-32-25(33-21)34-22-6-2-17-14-23(35)15-19(17)13-22/h2,4,6-8,11-13H,1,3,5,9-10,14-15H2,(H,32,33,34). The van der Waals surface area contributed by atoms with Crippen molar-refractivity contribution < 1.29 is 18.0 Å². The van der Waals surface area contributed by atoms with Crippen molar-refractivity contribution in [2.75, 3.05) is 5.32 Å². The van der Waals surface area contributed by atoms with Gasteiger partial charge in [-0.1, -0.05) is 12.1 Å². The fourth-order valence-corrected chi connectivity index (χ4v) is 4.93. The molecular weight excluding hydrogens is 453 g/mol. The number of aromatic nitrogens is 2. The van der Waals surface area contributed by atoms with E-state index in [1.165, 1.54) is 12.1 Å². The van der Waals surface area contributed by atoms with E-state index in [0.29, 0.717) is 61.3 Å². The SMILES string of the molecule is N#CC1(c2ccc(C(F)(F)F)cc2CCc2ccnc(Nc3ccc4c(c3)CC(=O)C4)n2)CCC1. The number of nitrogens with zero attached hydrogens (tertiary/aromatic N) is 3. The number of benzene rings is 2. The lowest BCUT2D eigenvalue weighted by atomic mass is 9.64. The number of carbonyl (C=O) groups is 1. The van der Waals surface area contributed by atoms with Crippen molar-refractivity contribution in [1.82, 2.24) is 9.97 Å². The van der Waals surface area contributed by atoms with E-state index in [2.05, 4.69) is 21.4 Å². The zero-order valence-corrected chi connectivity index (χ0v) is 19.0. The molecule has 5 rings (SSSR count). The Kier molecular flexibility index (Phi) is 5.79. The third kappa shape index (κ3) is 4.63. The van der Waals surface area contributed by atoms with E-state index >= 15 is 0 Å². The molecule has 0 atom stereocenters. The molecule has 2 aliphatic rings. The van der Waals surface area contributed by atoms with E-state index in [0.717, 1.165) is 29.3 Å². The molecule has 2 aromatic carbocycles. The molecule has 0 aliphatic heterocycles. The van der Waals surface area contributed by atoms with Gasteiger partial charge in [0.25, 0.3) is 0 Å². The first kappa shape index (κ1) is 23.0. The second-order valence-electron chi connectivity index (χ2n) is 9.29. The van der Waals surface area contributed by atoms with E-state index in [1.807, 2.05) is 18.2 Å². The van der Waals surface area contributed by atoms with Crippen molar-refractivity contribution >= 4 is 17.4 Å². The van der Waals surface area contributed by atoms with Gasteiger partial charge in [-0.25, -0.2) is 9.97 Å². The van der Waals surface area contributed by atoms with Crippen LogP contribution in [-0.4, -0.2) is 15.8 Å². The maximum absolute atomic E-state index is 13.4. The number of nitriles is 1. The number of hydrogen-bond donors (Lipinski definition) is 1. The van der Waals surface area contributed by atoms with Gasteiger partial charge in [0.05, 0.1) is 17.0 Å². The number of aryl methyl sites for hydroxylation is 2. The number of rotatable bonds is 6. The van der Waals surface area contributed by atoms with Crippen LogP contribution in [-0.2, 0) is 42.1 Å². The maximum Gasteiger partial charge on any atom is 0.416 e. The topological polar surface area (TPSA) is 78.7 Å². The zero-order chi connectivity index (χ0) is 24.6. The predicted octanol–water partition coefficient (Wildman–Crippen LogP) is 5.64. The summed E-state index contributed by atoms with van der Waals surface area (Å²) in [6, 6.07) is 13.5. The Balaban J connectivity index is 1.35. The molecule has 0 unspecified atom stereocenters. The van der Waals surface area contributed by atoms with Gasteiger partial charge >= 0.3 is 6.18 Å². The highest BCUT2D eigenvalue weighted by molar-refractivity contribution is 5.88. The Bertz CT molecular complexity index is 1340. The quantitative estimate of drug-likeness (QED) is 0.498. The van der Waals surface area contributed by atoms with Gasteiger partial charge in [0.2, 0.25) is 5.95 Å². The van der Waals surface area contributed by atoms with Crippen molar-refractivity contribution in [2.24, 2.45) is 0 Å². The molecule has 5 nitrogen and oxygen atoms in total. The Labute approximate surface area is 201 Å². The lowest BCUT2D eigenvalue weighted by Gasteiger charge is -2.37. The van der Waals surface area contributed by atoms with Crippen LogP contribution in [0.25, 0.3) is 0 Å². The lowest BCUT2D eigenvalue weighted by Crippen LogP contribution is -2.33. The van der Waals surface area contributed by atoms with Crippen molar-refractivity contribution in [3.05, 3.63) is 82.2 Å². The minimum absolute atomic E-state index is 0.199. The number of Topliss-reactive ketones (excluding diaryl/α,β-unsaturated/α-hetero) is 1. The molecule has 0 radical (unpaired) electrons. The Morgan fingerprint density at radius 2 is 1.83 bits per heavy atom. The highest BCUT2D eigenvalue weighted by Gasteiger charge is 2.41. The molecule has 1 saturated carbocycles. The number of anilines is 2. The molecule has 1 heterocycles. The van der Waals surface area contributed by atoms with Crippen LogP contribution in [0.3, 0.4) is 0 Å².